The Bertz CT molecular complexity index is 1380. The van der Waals surface area contributed by atoms with E-state index in [9.17, 15) is 45.6 Å². The number of hydrogen-bond donors (Lipinski definition) is 9. The predicted octanol–water partition coefficient (Wildman–Crippen LogP) is 10.2. The number of carbonyl (C=O) groups excluding carboxylic acids is 1. The van der Waals surface area contributed by atoms with Crippen LogP contribution < -0.4 is 5.32 Å². The molecule has 2 saturated heterocycles. The SMILES string of the molecule is CCCCCCCCCCCCCCCCCCCCCCC/C=C/CC/C=C/CC/C=C/C(O)C(COC1OC(CO)C(OC2OC(CO)C(O)C(O)C2O)C(O)C1O)NC(=O)CCCCCCCCCCC. The summed E-state index contributed by atoms with van der Waals surface area (Å²) in [5, 5.41) is 86.8. The number of carbonyl (C=O) groups is 1. The van der Waals surface area contributed by atoms with Crippen LogP contribution in [-0.2, 0) is 23.7 Å². The lowest BCUT2D eigenvalue weighted by molar-refractivity contribution is -0.359. The Morgan fingerprint density at radius 3 is 1.32 bits per heavy atom. The molecule has 9 N–H and O–H groups in total. The van der Waals surface area contributed by atoms with Gasteiger partial charge in [-0.25, -0.2) is 0 Å². The lowest BCUT2D eigenvalue weighted by atomic mass is 9.97. The summed E-state index contributed by atoms with van der Waals surface area (Å²) in [4.78, 5) is 13.1. The normalized spacial score (nSPS) is 25.4. The molecule has 434 valence electrons. The van der Waals surface area contributed by atoms with Gasteiger partial charge in [0, 0.05) is 6.42 Å². The molecule has 0 spiro atoms. The van der Waals surface area contributed by atoms with Crippen LogP contribution in [0.15, 0.2) is 36.5 Å². The second-order valence-electron chi connectivity index (χ2n) is 21.5. The highest BCUT2D eigenvalue weighted by atomic mass is 16.7. The predicted molar refractivity (Wildman–Crippen MR) is 295 cm³/mol. The first-order valence-corrected chi connectivity index (χ1v) is 30.2. The molecule has 2 aliphatic rings. The number of unbranched alkanes of at least 4 members (excludes halogenated alkanes) is 31. The number of ether oxygens (including phenoxy) is 4. The maximum Gasteiger partial charge on any atom is 0.220 e. The first-order chi connectivity index (χ1) is 36.1. The summed E-state index contributed by atoms with van der Waals surface area (Å²) in [5.74, 6) is -0.256. The molecule has 0 aliphatic carbocycles. The van der Waals surface area contributed by atoms with E-state index in [2.05, 4.69) is 43.5 Å². The highest BCUT2D eigenvalue weighted by Crippen LogP contribution is 2.30. The molecule has 2 aliphatic heterocycles. The molecule has 2 heterocycles. The minimum Gasteiger partial charge on any atom is -0.394 e. The molecule has 0 aromatic carbocycles. The van der Waals surface area contributed by atoms with Crippen LogP contribution in [0.1, 0.15) is 245 Å². The van der Waals surface area contributed by atoms with Crippen LogP contribution in [0, 0.1) is 0 Å². The van der Waals surface area contributed by atoms with Gasteiger partial charge in [0.05, 0.1) is 32.0 Å². The highest BCUT2D eigenvalue weighted by Gasteiger charge is 2.51. The van der Waals surface area contributed by atoms with Crippen LogP contribution >= 0.6 is 0 Å². The van der Waals surface area contributed by atoms with Gasteiger partial charge in [-0.15, -0.1) is 0 Å². The third kappa shape index (κ3) is 31.6. The molecule has 0 aromatic rings. The van der Waals surface area contributed by atoms with Gasteiger partial charge in [-0.05, 0) is 44.9 Å². The van der Waals surface area contributed by atoms with Gasteiger partial charge in [-0.1, -0.05) is 230 Å². The lowest BCUT2D eigenvalue weighted by Gasteiger charge is -2.46. The van der Waals surface area contributed by atoms with Gasteiger partial charge >= 0.3 is 0 Å². The molecule has 1 amide bonds. The van der Waals surface area contributed by atoms with Crippen molar-refractivity contribution in [1.82, 2.24) is 5.32 Å². The van der Waals surface area contributed by atoms with Gasteiger partial charge < -0.3 is 65.1 Å². The standard InChI is InChI=1S/C60H111NO13/c1-3-5-7-9-11-13-14-15-16-17-18-19-20-21-22-23-24-25-26-27-28-29-30-31-32-33-34-36-37-39-41-43-49(64)48(61-52(65)44-42-40-38-35-12-10-8-6-4-2)47-71-59-57(70)55(68)58(51(46-63)73-59)74-60-56(69)54(67)53(66)50(45-62)72-60/h30-31,34,36,41,43,48-51,53-60,62-64,66-70H,3-29,32-33,35,37-40,42,44-47H2,1-2H3,(H,61,65)/b31-30+,36-34+,43-41+. The van der Waals surface area contributed by atoms with Gasteiger partial charge in [0.15, 0.2) is 12.6 Å². The minimum atomic E-state index is -1.79. The van der Waals surface area contributed by atoms with E-state index in [0.717, 1.165) is 44.9 Å². The van der Waals surface area contributed by atoms with Crippen LogP contribution in [-0.4, -0.2) is 140 Å². The van der Waals surface area contributed by atoms with E-state index >= 15 is 0 Å². The highest BCUT2D eigenvalue weighted by molar-refractivity contribution is 5.76. The number of aliphatic hydroxyl groups is 8. The van der Waals surface area contributed by atoms with Gasteiger partial charge in [-0.3, -0.25) is 4.79 Å². The van der Waals surface area contributed by atoms with E-state index in [1.165, 1.54) is 167 Å². The Morgan fingerprint density at radius 1 is 0.473 bits per heavy atom. The topological polar surface area (TPSA) is 228 Å². The third-order valence-electron chi connectivity index (χ3n) is 14.8. The number of aliphatic hydroxyl groups excluding tert-OH is 8. The Morgan fingerprint density at radius 2 is 0.865 bits per heavy atom. The molecule has 14 heteroatoms. The summed E-state index contributed by atoms with van der Waals surface area (Å²) >= 11 is 0. The van der Waals surface area contributed by atoms with E-state index in [-0.39, 0.29) is 18.9 Å². The average molecular weight is 1050 g/mol. The van der Waals surface area contributed by atoms with Crippen molar-refractivity contribution in [3.05, 3.63) is 36.5 Å². The lowest BCUT2D eigenvalue weighted by Crippen LogP contribution is -2.65. The third-order valence-corrected chi connectivity index (χ3v) is 14.8. The molecule has 74 heavy (non-hydrogen) atoms. The Kier molecular flexibility index (Phi) is 42.6. The second kappa shape index (κ2) is 46.2. The van der Waals surface area contributed by atoms with E-state index in [1.807, 2.05) is 6.08 Å². The number of amides is 1. The molecule has 2 fully saturated rings. The quantitative estimate of drug-likeness (QED) is 0.0204. The van der Waals surface area contributed by atoms with Crippen molar-refractivity contribution in [3.63, 3.8) is 0 Å². The van der Waals surface area contributed by atoms with Crippen molar-refractivity contribution in [1.29, 1.82) is 0 Å². The Hall–Kier alpha value is -1.79. The first-order valence-electron chi connectivity index (χ1n) is 30.2. The summed E-state index contributed by atoms with van der Waals surface area (Å²) in [6.07, 6.45) is 39.5. The second-order valence-corrected chi connectivity index (χ2v) is 21.5. The van der Waals surface area contributed by atoms with Crippen molar-refractivity contribution in [2.75, 3.05) is 19.8 Å². The molecular formula is C60H111NO13. The first kappa shape index (κ1) is 68.3. The molecule has 12 atom stereocenters. The molecule has 0 bridgehead atoms. The van der Waals surface area contributed by atoms with E-state index < -0.39 is 86.8 Å². The van der Waals surface area contributed by atoms with Gasteiger partial charge in [0.2, 0.25) is 5.91 Å². The van der Waals surface area contributed by atoms with Crippen molar-refractivity contribution in [3.8, 4) is 0 Å². The monoisotopic (exact) mass is 1050 g/mol. The van der Waals surface area contributed by atoms with E-state index in [0.29, 0.717) is 12.8 Å². The average Bonchev–Trinajstić information content (AvgIpc) is 3.40. The summed E-state index contributed by atoms with van der Waals surface area (Å²) in [5.41, 5.74) is 0. The molecule has 0 aromatic heterocycles. The molecule has 2 rings (SSSR count). The van der Waals surface area contributed by atoms with Gasteiger partial charge in [0.1, 0.15) is 48.8 Å². The van der Waals surface area contributed by atoms with Crippen molar-refractivity contribution < 1.29 is 64.6 Å². The molecular weight excluding hydrogens is 943 g/mol. The number of hydrogen-bond acceptors (Lipinski definition) is 13. The number of allylic oxidation sites excluding steroid dienone is 5. The zero-order valence-corrected chi connectivity index (χ0v) is 46.6. The van der Waals surface area contributed by atoms with Crippen LogP contribution in [0.5, 0.6) is 0 Å². The van der Waals surface area contributed by atoms with E-state index in [1.54, 1.807) is 6.08 Å². The van der Waals surface area contributed by atoms with Crippen LogP contribution in [0.3, 0.4) is 0 Å². The molecule has 0 radical (unpaired) electrons. The molecule has 14 nitrogen and oxygen atoms in total. The van der Waals surface area contributed by atoms with Crippen LogP contribution in [0.4, 0.5) is 0 Å². The van der Waals surface area contributed by atoms with Crippen molar-refractivity contribution >= 4 is 5.91 Å². The fourth-order valence-corrected chi connectivity index (χ4v) is 9.91. The number of rotatable bonds is 48. The van der Waals surface area contributed by atoms with Gasteiger partial charge in [-0.2, -0.15) is 0 Å². The Balaban J connectivity index is 1.68. The summed E-state index contributed by atoms with van der Waals surface area (Å²) in [6, 6.07) is -0.934. The smallest absolute Gasteiger partial charge is 0.220 e. The van der Waals surface area contributed by atoms with Gasteiger partial charge in [0.25, 0.3) is 0 Å². The summed E-state index contributed by atoms with van der Waals surface area (Å²) < 4.78 is 22.7. The molecule has 0 saturated carbocycles. The maximum absolute atomic E-state index is 13.1. The molecule has 12 unspecified atom stereocenters. The maximum atomic E-state index is 13.1. The van der Waals surface area contributed by atoms with Crippen molar-refractivity contribution in [2.45, 2.75) is 319 Å². The fourth-order valence-electron chi connectivity index (χ4n) is 9.91. The summed E-state index contributed by atoms with van der Waals surface area (Å²) in [7, 11) is 0. The zero-order chi connectivity index (χ0) is 53.9. The summed E-state index contributed by atoms with van der Waals surface area (Å²) in [6.45, 7) is 2.75. The largest absolute Gasteiger partial charge is 0.394 e. The van der Waals surface area contributed by atoms with Crippen molar-refractivity contribution in [2.24, 2.45) is 0 Å². The van der Waals surface area contributed by atoms with Crippen LogP contribution in [0.25, 0.3) is 0 Å². The zero-order valence-electron chi connectivity index (χ0n) is 46.6. The minimum absolute atomic E-state index is 0.256. The number of nitrogens with one attached hydrogen (secondary N) is 1. The fraction of sp³-hybridized carbons (Fsp3) is 0.883. The van der Waals surface area contributed by atoms with E-state index in [4.69, 9.17) is 18.9 Å². The van der Waals surface area contributed by atoms with Crippen LogP contribution in [0.2, 0.25) is 0 Å². The Labute approximate surface area is 449 Å².